The number of carbonyl (C=O) groups is 1. The van der Waals surface area contributed by atoms with Gasteiger partial charge >= 0.3 is 5.97 Å². The smallest absolute Gasteiger partial charge is 0.340 e. The van der Waals surface area contributed by atoms with Gasteiger partial charge in [-0.3, -0.25) is 0 Å². The summed E-state index contributed by atoms with van der Waals surface area (Å²) < 4.78 is 7.06. The van der Waals surface area contributed by atoms with E-state index in [0.29, 0.717) is 20.6 Å². The summed E-state index contributed by atoms with van der Waals surface area (Å²) in [5.74, 6) is -0.465. The van der Waals surface area contributed by atoms with Crippen LogP contribution in [0.25, 0.3) is 72.1 Å². The monoisotopic (exact) mass is 759 g/mol. The molecule has 4 heterocycles. The number of hydrogen-bond donors (Lipinski definition) is 3. The van der Waals surface area contributed by atoms with Crippen molar-refractivity contribution < 1.29 is 9.53 Å². The zero-order valence-corrected chi connectivity index (χ0v) is 30.7. The van der Waals surface area contributed by atoms with Crippen molar-refractivity contribution in [2.75, 3.05) is 0 Å². The summed E-state index contributed by atoms with van der Waals surface area (Å²) in [6.07, 6.45) is 2.01. The van der Waals surface area contributed by atoms with Gasteiger partial charge in [-0.05, 0) is 59.2 Å². The number of carbonyl (C=O) groups excluding carboxylic acids is 1. The van der Waals surface area contributed by atoms with E-state index in [-0.39, 0.29) is 0 Å². The standard InChI is InChI=1S/C46H28Cl3N3O2/c47-29-16-19-32-36(22-29)50-42(26-10-4-1-5-11-26)39(32)35-25-46(54-45(35)53,40-33-20-17-30(48)23-37(33)51-43(40)27-12-6-2-7-13-27)41-34-21-18-31(49)24-38(34)52-44(41)28-14-8-3-9-15-28/h1-25,50-52H. The number of aromatic amines is 3. The Morgan fingerprint density at radius 1 is 0.463 bits per heavy atom. The predicted octanol–water partition coefficient (Wildman–Crippen LogP) is 13.0. The van der Waals surface area contributed by atoms with Gasteiger partial charge in [0.2, 0.25) is 0 Å². The average Bonchev–Trinajstić information content (AvgIpc) is 3.96. The molecule has 3 N–H and O–H groups in total. The molecule has 0 fully saturated rings. The maximum atomic E-state index is 15.1. The molecule has 3 aromatic heterocycles. The highest BCUT2D eigenvalue weighted by atomic mass is 35.5. The van der Waals surface area contributed by atoms with Gasteiger partial charge in [0.25, 0.3) is 0 Å². The molecule has 8 heteroatoms. The molecule has 0 aliphatic carbocycles. The van der Waals surface area contributed by atoms with Crippen LogP contribution in [0.15, 0.2) is 152 Å². The van der Waals surface area contributed by atoms with Crippen LogP contribution in [-0.4, -0.2) is 20.9 Å². The van der Waals surface area contributed by atoms with Crippen molar-refractivity contribution in [2.24, 2.45) is 0 Å². The van der Waals surface area contributed by atoms with E-state index in [1.165, 1.54) is 0 Å². The molecule has 0 unspecified atom stereocenters. The van der Waals surface area contributed by atoms with Crippen molar-refractivity contribution in [1.82, 2.24) is 15.0 Å². The molecular formula is C46H28Cl3N3O2. The minimum atomic E-state index is -1.47. The third-order valence-electron chi connectivity index (χ3n) is 10.3. The highest BCUT2D eigenvalue weighted by molar-refractivity contribution is 6.33. The zero-order chi connectivity index (χ0) is 36.6. The number of rotatable bonds is 6. The van der Waals surface area contributed by atoms with Crippen LogP contribution in [0.4, 0.5) is 0 Å². The lowest BCUT2D eigenvalue weighted by Crippen LogP contribution is -2.28. The Bertz CT molecular complexity index is 2840. The molecule has 1 aliphatic heterocycles. The van der Waals surface area contributed by atoms with Gasteiger partial charge in [-0.2, -0.15) is 0 Å². The van der Waals surface area contributed by atoms with Gasteiger partial charge in [-0.1, -0.05) is 144 Å². The van der Waals surface area contributed by atoms with E-state index < -0.39 is 11.6 Å². The molecule has 260 valence electrons. The van der Waals surface area contributed by atoms with Crippen LogP contribution in [0, 0.1) is 0 Å². The Kier molecular flexibility index (Phi) is 7.60. The molecule has 0 radical (unpaired) electrons. The molecule has 1 aliphatic rings. The average molecular weight is 761 g/mol. The molecule has 0 saturated carbocycles. The summed E-state index contributed by atoms with van der Waals surface area (Å²) in [6.45, 7) is 0. The number of aromatic nitrogens is 3. The molecule has 0 amide bonds. The van der Waals surface area contributed by atoms with Gasteiger partial charge in [-0.25, -0.2) is 4.79 Å². The van der Waals surface area contributed by atoms with E-state index in [9.17, 15) is 0 Å². The van der Waals surface area contributed by atoms with Gasteiger partial charge in [0.1, 0.15) is 0 Å². The lowest BCUT2D eigenvalue weighted by atomic mass is 9.79. The minimum Gasteiger partial charge on any atom is -0.441 e. The third kappa shape index (κ3) is 5.12. The summed E-state index contributed by atoms with van der Waals surface area (Å²) in [7, 11) is 0. The van der Waals surface area contributed by atoms with Gasteiger partial charge < -0.3 is 19.7 Å². The number of H-pyrrole nitrogens is 3. The molecule has 0 spiro atoms. The van der Waals surface area contributed by atoms with Crippen molar-refractivity contribution in [3.05, 3.63) is 183 Å². The second kappa shape index (κ2) is 12.6. The fourth-order valence-electron chi connectivity index (χ4n) is 8.06. The van der Waals surface area contributed by atoms with Crippen molar-refractivity contribution in [3.8, 4) is 33.8 Å². The van der Waals surface area contributed by atoms with Gasteiger partial charge in [0, 0.05) is 64.5 Å². The summed E-state index contributed by atoms with van der Waals surface area (Å²) >= 11 is 19.8. The van der Waals surface area contributed by atoms with E-state index in [1.54, 1.807) is 0 Å². The third-order valence-corrected chi connectivity index (χ3v) is 11.0. The van der Waals surface area contributed by atoms with E-state index in [0.717, 1.165) is 83.2 Å². The second-order valence-corrected chi connectivity index (χ2v) is 14.8. The van der Waals surface area contributed by atoms with Crippen molar-refractivity contribution in [2.45, 2.75) is 5.60 Å². The number of esters is 1. The van der Waals surface area contributed by atoms with Gasteiger partial charge in [0.15, 0.2) is 5.60 Å². The van der Waals surface area contributed by atoms with Crippen LogP contribution in [0.5, 0.6) is 0 Å². The summed E-state index contributed by atoms with van der Waals surface area (Å²) in [5.41, 5.74) is 8.83. The molecule has 0 bridgehead atoms. The predicted molar refractivity (Wildman–Crippen MR) is 221 cm³/mol. The Hall–Kier alpha value is -5.98. The molecular weight excluding hydrogens is 733 g/mol. The van der Waals surface area contributed by atoms with Crippen LogP contribution in [-0.2, 0) is 15.1 Å². The van der Waals surface area contributed by atoms with Crippen molar-refractivity contribution >= 4 is 79.1 Å². The molecule has 54 heavy (non-hydrogen) atoms. The largest absolute Gasteiger partial charge is 0.441 e. The number of halogens is 3. The molecule has 0 atom stereocenters. The zero-order valence-electron chi connectivity index (χ0n) is 28.4. The van der Waals surface area contributed by atoms with Crippen LogP contribution in [0.2, 0.25) is 15.1 Å². The maximum Gasteiger partial charge on any atom is 0.340 e. The molecule has 0 saturated heterocycles. The normalized spacial score (nSPS) is 13.9. The summed E-state index contributed by atoms with van der Waals surface area (Å²) in [6, 6.07) is 47.4. The fraction of sp³-hybridized carbons (Fsp3) is 0.0217. The van der Waals surface area contributed by atoms with Gasteiger partial charge in [0.05, 0.1) is 22.7 Å². The lowest BCUT2D eigenvalue weighted by Gasteiger charge is -2.29. The Morgan fingerprint density at radius 3 is 1.31 bits per heavy atom. The van der Waals surface area contributed by atoms with E-state index in [1.807, 2.05) is 127 Å². The Balaban J connectivity index is 1.38. The van der Waals surface area contributed by atoms with Crippen LogP contribution >= 0.6 is 34.8 Å². The first-order valence-corrected chi connectivity index (χ1v) is 18.6. The first-order valence-electron chi connectivity index (χ1n) is 17.5. The maximum absolute atomic E-state index is 15.1. The number of benzene rings is 6. The highest BCUT2D eigenvalue weighted by Gasteiger charge is 2.50. The number of cyclic esters (lactones) is 1. The highest BCUT2D eigenvalue weighted by Crippen LogP contribution is 2.55. The first kappa shape index (κ1) is 32.7. The number of ether oxygens (including phenoxy) is 1. The number of fused-ring (bicyclic) bond motifs is 3. The lowest BCUT2D eigenvalue weighted by molar-refractivity contribution is -0.142. The van der Waals surface area contributed by atoms with E-state index in [2.05, 4.69) is 39.2 Å². The minimum absolute atomic E-state index is 0.423. The van der Waals surface area contributed by atoms with E-state index >= 15 is 4.79 Å². The summed E-state index contributed by atoms with van der Waals surface area (Å²) in [4.78, 5) is 26.0. The van der Waals surface area contributed by atoms with Crippen LogP contribution in [0.1, 0.15) is 16.7 Å². The Morgan fingerprint density at radius 2 is 0.852 bits per heavy atom. The molecule has 9 aromatic rings. The fourth-order valence-corrected chi connectivity index (χ4v) is 8.58. The first-order chi connectivity index (χ1) is 26.4. The SMILES string of the molecule is O=C1OC(c2c(-c3ccccc3)[nH]c3cc(Cl)ccc23)(c2c(-c3ccccc3)[nH]c3cc(Cl)ccc23)C=C1c1c(-c2ccccc2)[nH]c2cc(Cl)ccc12. The van der Waals surface area contributed by atoms with Crippen LogP contribution in [0.3, 0.4) is 0 Å². The quantitative estimate of drug-likeness (QED) is 0.148. The molecule has 5 nitrogen and oxygen atoms in total. The van der Waals surface area contributed by atoms with Crippen molar-refractivity contribution in [1.29, 1.82) is 0 Å². The van der Waals surface area contributed by atoms with Gasteiger partial charge in [-0.15, -0.1) is 0 Å². The second-order valence-electron chi connectivity index (χ2n) is 13.5. The topological polar surface area (TPSA) is 73.7 Å². The molecule has 10 rings (SSSR count). The number of hydrogen-bond acceptors (Lipinski definition) is 2. The van der Waals surface area contributed by atoms with Crippen LogP contribution < -0.4 is 0 Å². The van der Waals surface area contributed by atoms with E-state index in [4.69, 9.17) is 39.5 Å². The Labute approximate surface area is 324 Å². The summed E-state index contributed by atoms with van der Waals surface area (Å²) in [5, 5.41) is 4.32. The van der Waals surface area contributed by atoms with Crippen molar-refractivity contribution in [3.63, 3.8) is 0 Å². The number of nitrogens with one attached hydrogen (secondary N) is 3. The molecule has 6 aromatic carbocycles.